The van der Waals surface area contributed by atoms with Crippen LogP contribution in [0.1, 0.15) is 29.5 Å². The normalized spacial score (nSPS) is 14.2. The maximum Gasteiger partial charge on any atom is 0.408 e. The fraction of sp³-hybridized carbons (Fsp3) is 0.200. The molecule has 0 spiro atoms. The predicted molar refractivity (Wildman–Crippen MR) is 114 cm³/mol. The molecule has 0 aromatic heterocycles. The molecule has 0 aliphatic heterocycles. The molecule has 7 heteroatoms. The number of nitrogens with one attached hydrogen (secondary N) is 1. The van der Waals surface area contributed by atoms with Gasteiger partial charge in [-0.05, 0) is 52.9 Å². The molecule has 0 heterocycles. The first kappa shape index (κ1) is 21.5. The molecule has 5 nitrogen and oxygen atoms in total. The van der Waals surface area contributed by atoms with E-state index in [0.717, 1.165) is 40.5 Å². The van der Waals surface area contributed by atoms with Crippen LogP contribution in [0, 0.1) is 11.6 Å². The Morgan fingerprint density at radius 1 is 1.00 bits per heavy atom. The number of halogens is 2. The van der Waals surface area contributed by atoms with E-state index in [1.807, 2.05) is 48.5 Å². The lowest BCUT2D eigenvalue weighted by atomic mass is 9.92. The number of aliphatic carboxylic acids is 1. The first-order chi connectivity index (χ1) is 15.3. The van der Waals surface area contributed by atoms with Crippen LogP contribution in [0.15, 0.2) is 66.7 Å². The van der Waals surface area contributed by atoms with E-state index in [0.29, 0.717) is 0 Å². The highest BCUT2D eigenvalue weighted by molar-refractivity contribution is 5.84. The van der Waals surface area contributed by atoms with Gasteiger partial charge in [-0.25, -0.2) is 18.4 Å². The Morgan fingerprint density at radius 3 is 2.19 bits per heavy atom. The quantitative estimate of drug-likeness (QED) is 0.576. The second-order valence-corrected chi connectivity index (χ2v) is 8.00. The Bertz CT molecular complexity index is 1150. The van der Waals surface area contributed by atoms with Gasteiger partial charge in [-0.15, -0.1) is 0 Å². The van der Waals surface area contributed by atoms with E-state index in [1.165, 1.54) is 6.92 Å². The SMILES string of the molecule is C[C@](Cc1cc(F)ccc1F)(NC(=O)OCC1c2ccccc2-c2ccccc21)C(=O)O. The molecule has 0 bridgehead atoms. The van der Waals surface area contributed by atoms with Gasteiger partial charge in [0.25, 0.3) is 0 Å². The van der Waals surface area contributed by atoms with Crippen LogP contribution in [0.3, 0.4) is 0 Å². The van der Waals surface area contributed by atoms with Gasteiger partial charge in [-0.2, -0.15) is 0 Å². The van der Waals surface area contributed by atoms with Crippen molar-refractivity contribution in [1.82, 2.24) is 5.32 Å². The Hall–Kier alpha value is -3.74. The van der Waals surface area contributed by atoms with E-state index in [-0.39, 0.29) is 18.1 Å². The predicted octanol–water partition coefficient (Wildman–Crippen LogP) is 4.89. The molecule has 0 saturated heterocycles. The van der Waals surface area contributed by atoms with Gasteiger partial charge in [0.2, 0.25) is 0 Å². The second kappa shape index (κ2) is 8.42. The summed E-state index contributed by atoms with van der Waals surface area (Å²) < 4.78 is 32.9. The molecule has 0 saturated carbocycles. The first-order valence-corrected chi connectivity index (χ1v) is 10.1. The highest BCUT2D eigenvalue weighted by atomic mass is 19.1. The van der Waals surface area contributed by atoms with Crippen molar-refractivity contribution in [2.45, 2.75) is 24.8 Å². The van der Waals surface area contributed by atoms with Crippen molar-refractivity contribution in [2.24, 2.45) is 0 Å². The topological polar surface area (TPSA) is 75.6 Å². The summed E-state index contributed by atoms with van der Waals surface area (Å²) in [6.45, 7) is 1.23. The summed E-state index contributed by atoms with van der Waals surface area (Å²) in [7, 11) is 0. The molecule has 2 N–H and O–H groups in total. The summed E-state index contributed by atoms with van der Waals surface area (Å²) in [5.41, 5.74) is 2.11. The molecule has 0 fully saturated rings. The number of carboxylic acids is 1. The molecule has 164 valence electrons. The number of carbonyl (C=O) groups excluding carboxylic acids is 1. The van der Waals surface area contributed by atoms with Crippen molar-refractivity contribution >= 4 is 12.1 Å². The summed E-state index contributed by atoms with van der Waals surface area (Å²) in [4.78, 5) is 24.4. The first-order valence-electron chi connectivity index (χ1n) is 10.1. The van der Waals surface area contributed by atoms with Gasteiger partial charge < -0.3 is 15.2 Å². The fourth-order valence-corrected chi connectivity index (χ4v) is 4.09. The van der Waals surface area contributed by atoms with Gasteiger partial charge in [0.15, 0.2) is 0 Å². The van der Waals surface area contributed by atoms with E-state index in [2.05, 4.69) is 5.32 Å². The number of carboxylic acid groups (broad SMARTS) is 1. The molecule has 0 radical (unpaired) electrons. The lowest BCUT2D eigenvalue weighted by Crippen LogP contribution is -2.54. The van der Waals surface area contributed by atoms with E-state index in [1.54, 1.807) is 0 Å². The third-order valence-electron chi connectivity index (χ3n) is 5.75. The lowest BCUT2D eigenvalue weighted by Gasteiger charge is -2.26. The molecule has 4 rings (SSSR count). The summed E-state index contributed by atoms with van der Waals surface area (Å²) in [5.74, 6) is -3.04. The molecular formula is C25H21F2NO4. The number of amides is 1. The van der Waals surface area contributed by atoms with Crippen LogP contribution in [-0.4, -0.2) is 29.3 Å². The highest BCUT2D eigenvalue weighted by Gasteiger charge is 2.37. The molecule has 32 heavy (non-hydrogen) atoms. The minimum atomic E-state index is -1.89. The van der Waals surface area contributed by atoms with Gasteiger partial charge in [-0.1, -0.05) is 48.5 Å². The molecule has 1 atom stereocenters. The molecule has 1 aliphatic rings. The maximum atomic E-state index is 14.0. The van der Waals surface area contributed by atoms with Crippen molar-refractivity contribution < 1.29 is 28.2 Å². The summed E-state index contributed by atoms with van der Waals surface area (Å²) in [6.07, 6.45) is -1.40. The van der Waals surface area contributed by atoms with Crippen LogP contribution in [0.5, 0.6) is 0 Å². The van der Waals surface area contributed by atoms with Gasteiger partial charge >= 0.3 is 12.1 Å². The standard InChI is InChI=1S/C25H21F2NO4/c1-25(23(29)30,13-15-12-16(26)10-11-22(15)27)28-24(31)32-14-21-19-8-4-2-6-17(19)18-7-3-5-9-20(18)21/h2-12,21H,13-14H2,1H3,(H,28,31)(H,29,30)/t25-/m1/s1. The van der Waals surface area contributed by atoms with Crippen molar-refractivity contribution in [3.63, 3.8) is 0 Å². The van der Waals surface area contributed by atoms with Crippen molar-refractivity contribution in [3.8, 4) is 11.1 Å². The zero-order valence-electron chi connectivity index (χ0n) is 17.3. The minimum absolute atomic E-state index is 0.00385. The monoisotopic (exact) mass is 437 g/mol. The van der Waals surface area contributed by atoms with Gasteiger partial charge in [0, 0.05) is 12.3 Å². The number of hydrogen-bond donors (Lipinski definition) is 2. The minimum Gasteiger partial charge on any atom is -0.480 e. The number of alkyl carbamates (subject to hydrolysis) is 1. The number of fused-ring (bicyclic) bond motifs is 3. The molecule has 3 aromatic rings. The Balaban J connectivity index is 1.49. The smallest absolute Gasteiger partial charge is 0.408 e. The number of hydrogen-bond acceptors (Lipinski definition) is 3. The third-order valence-corrected chi connectivity index (χ3v) is 5.75. The van der Waals surface area contributed by atoms with E-state index in [9.17, 15) is 23.5 Å². The fourth-order valence-electron chi connectivity index (χ4n) is 4.09. The lowest BCUT2D eigenvalue weighted by molar-refractivity contribution is -0.143. The van der Waals surface area contributed by atoms with Gasteiger partial charge in [-0.3, -0.25) is 0 Å². The van der Waals surface area contributed by atoms with Crippen LogP contribution in [0.25, 0.3) is 11.1 Å². The van der Waals surface area contributed by atoms with E-state index >= 15 is 0 Å². The van der Waals surface area contributed by atoms with Gasteiger partial charge in [0.05, 0.1) is 0 Å². The Labute approximate surface area is 183 Å². The van der Waals surface area contributed by atoms with Gasteiger partial charge in [0.1, 0.15) is 23.8 Å². The van der Waals surface area contributed by atoms with Crippen LogP contribution in [-0.2, 0) is 16.0 Å². The maximum absolute atomic E-state index is 14.0. The Morgan fingerprint density at radius 2 is 1.59 bits per heavy atom. The zero-order chi connectivity index (χ0) is 22.9. The second-order valence-electron chi connectivity index (χ2n) is 8.00. The van der Waals surface area contributed by atoms with E-state index in [4.69, 9.17) is 4.74 Å². The summed E-state index contributed by atoms with van der Waals surface area (Å²) in [6, 6.07) is 18.4. The summed E-state index contributed by atoms with van der Waals surface area (Å²) >= 11 is 0. The summed E-state index contributed by atoms with van der Waals surface area (Å²) in [5, 5.41) is 12.0. The van der Waals surface area contributed by atoms with Crippen molar-refractivity contribution in [3.05, 3.63) is 95.1 Å². The third kappa shape index (κ3) is 4.06. The van der Waals surface area contributed by atoms with Crippen molar-refractivity contribution in [1.29, 1.82) is 0 Å². The number of carbonyl (C=O) groups is 2. The van der Waals surface area contributed by atoms with Crippen LogP contribution in [0.2, 0.25) is 0 Å². The van der Waals surface area contributed by atoms with Crippen LogP contribution >= 0.6 is 0 Å². The number of benzene rings is 3. The average Bonchev–Trinajstić information content (AvgIpc) is 3.08. The largest absolute Gasteiger partial charge is 0.480 e. The number of ether oxygens (including phenoxy) is 1. The molecule has 1 aliphatic carbocycles. The zero-order valence-corrected chi connectivity index (χ0v) is 17.3. The Kier molecular flexibility index (Phi) is 5.65. The molecule has 3 aromatic carbocycles. The van der Waals surface area contributed by atoms with E-state index < -0.39 is 35.7 Å². The molecule has 0 unspecified atom stereocenters. The van der Waals surface area contributed by atoms with Crippen LogP contribution in [0.4, 0.5) is 13.6 Å². The van der Waals surface area contributed by atoms with Crippen LogP contribution < -0.4 is 5.32 Å². The highest BCUT2D eigenvalue weighted by Crippen LogP contribution is 2.44. The van der Waals surface area contributed by atoms with Crippen molar-refractivity contribution in [2.75, 3.05) is 6.61 Å². The molecular weight excluding hydrogens is 416 g/mol. The average molecular weight is 437 g/mol. The number of rotatable bonds is 6. The molecule has 1 amide bonds.